The first kappa shape index (κ1) is 16.9. The molecule has 25 heavy (non-hydrogen) atoms. The summed E-state index contributed by atoms with van der Waals surface area (Å²) in [6, 6.07) is 6.16. The number of nitrogens with one attached hydrogen (secondary N) is 1. The molecule has 0 radical (unpaired) electrons. The van der Waals surface area contributed by atoms with Crippen molar-refractivity contribution < 1.29 is 14.1 Å². The van der Waals surface area contributed by atoms with Crippen LogP contribution in [0, 0.1) is 15.9 Å². The predicted octanol–water partition coefficient (Wildman–Crippen LogP) is 2.61. The number of nitro benzene ring substituents is 1. The van der Waals surface area contributed by atoms with E-state index in [1.807, 2.05) is 11.0 Å². The molecule has 1 aliphatic rings. The highest BCUT2D eigenvalue weighted by atomic mass is 19.1. The van der Waals surface area contributed by atoms with Crippen molar-refractivity contribution in [2.45, 2.75) is 18.9 Å². The fraction of sp³-hybridized carbons (Fsp3) is 0.375. The number of aromatic nitrogens is 2. The SMILES string of the molecule is COc1cc(N2CCC(Nc3cccnn3)CC2)c([N+](=O)[O-])cc1F. The van der Waals surface area contributed by atoms with E-state index in [2.05, 4.69) is 15.5 Å². The maximum atomic E-state index is 13.8. The number of nitro groups is 1. The maximum Gasteiger partial charge on any atom is 0.295 e. The lowest BCUT2D eigenvalue weighted by atomic mass is 10.0. The number of nitrogens with zero attached hydrogens (tertiary/aromatic N) is 4. The third kappa shape index (κ3) is 3.76. The van der Waals surface area contributed by atoms with Gasteiger partial charge in [0.05, 0.1) is 18.1 Å². The van der Waals surface area contributed by atoms with Crippen LogP contribution in [0.3, 0.4) is 0 Å². The number of halogens is 1. The van der Waals surface area contributed by atoms with Gasteiger partial charge in [0.15, 0.2) is 11.6 Å². The normalized spacial score (nSPS) is 15.0. The molecular formula is C16H18FN5O3. The highest BCUT2D eigenvalue weighted by Gasteiger charge is 2.27. The van der Waals surface area contributed by atoms with Crippen LogP contribution in [0.25, 0.3) is 0 Å². The topological polar surface area (TPSA) is 93.4 Å². The van der Waals surface area contributed by atoms with Crippen LogP contribution in [0.1, 0.15) is 12.8 Å². The summed E-state index contributed by atoms with van der Waals surface area (Å²) in [6.07, 6.45) is 3.15. The summed E-state index contributed by atoms with van der Waals surface area (Å²) in [4.78, 5) is 12.6. The molecule has 1 aliphatic heterocycles. The van der Waals surface area contributed by atoms with Crippen molar-refractivity contribution in [3.63, 3.8) is 0 Å². The van der Waals surface area contributed by atoms with Crippen LogP contribution in [0.15, 0.2) is 30.5 Å². The van der Waals surface area contributed by atoms with Crippen molar-refractivity contribution in [1.82, 2.24) is 10.2 Å². The second-order valence-electron chi connectivity index (χ2n) is 5.75. The van der Waals surface area contributed by atoms with Gasteiger partial charge in [0, 0.05) is 31.4 Å². The Bertz CT molecular complexity index is 751. The van der Waals surface area contributed by atoms with Gasteiger partial charge in [0.1, 0.15) is 11.5 Å². The van der Waals surface area contributed by atoms with Crippen molar-refractivity contribution in [2.24, 2.45) is 0 Å². The average molecular weight is 347 g/mol. The highest BCUT2D eigenvalue weighted by Crippen LogP contribution is 2.36. The Morgan fingerprint density at radius 1 is 1.40 bits per heavy atom. The Hall–Kier alpha value is -2.97. The van der Waals surface area contributed by atoms with Crippen LogP contribution < -0.4 is 15.0 Å². The molecule has 0 atom stereocenters. The second-order valence-corrected chi connectivity index (χ2v) is 5.75. The van der Waals surface area contributed by atoms with E-state index in [0.29, 0.717) is 24.6 Å². The van der Waals surface area contributed by atoms with E-state index in [0.717, 1.165) is 18.9 Å². The van der Waals surface area contributed by atoms with Gasteiger partial charge < -0.3 is 15.0 Å². The number of anilines is 2. The zero-order valence-electron chi connectivity index (χ0n) is 13.7. The molecule has 0 saturated carbocycles. The molecule has 2 heterocycles. The van der Waals surface area contributed by atoms with Gasteiger partial charge in [-0.15, -0.1) is 5.10 Å². The quantitative estimate of drug-likeness (QED) is 0.656. The van der Waals surface area contributed by atoms with Crippen molar-refractivity contribution in [3.8, 4) is 5.75 Å². The first-order chi connectivity index (χ1) is 12.1. The molecule has 1 fully saturated rings. The van der Waals surface area contributed by atoms with Crippen LogP contribution >= 0.6 is 0 Å². The summed E-state index contributed by atoms with van der Waals surface area (Å²) in [7, 11) is 1.34. The van der Waals surface area contributed by atoms with Gasteiger partial charge >= 0.3 is 0 Å². The van der Waals surface area contributed by atoms with Crippen molar-refractivity contribution >= 4 is 17.2 Å². The van der Waals surface area contributed by atoms with Crippen molar-refractivity contribution in [2.75, 3.05) is 30.4 Å². The van der Waals surface area contributed by atoms with Crippen LogP contribution in [-0.4, -0.2) is 41.4 Å². The highest BCUT2D eigenvalue weighted by molar-refractivity contribution is 5.66. The fourth-order valence-corrected chi connectivity index (χ4v) is 2.94. The minimum atomic E-state index is -0.739. The molecule has 1 aromatic heterocycles. The Morgan fingerprint density at radius 2 is 2.16 bits per heavy atom. The van der Waals surface area contributed by atoms with E-state index in [4.69, 9.17) is 4.74 Å². The van der Waals surface area contributed by atoms with E-state index in [1.165, 1.54) is 13.2 Å². The molecule has 1 aromatic carbocycles. The summed E-state index contributed by atoms with van der Waals surface area (Å²) in [5.74, 6) is -0.0343. The Balaban J connectivity index is 1.73. The van der Waals surface area contributed by atoms with E-state index in [9.17, 15) is 14.5 Å². The van der Waals surface area contributed by atoms with Crippen LogP contribution in [0.5, 0.6) is 5.75 Å². The fourth-order valence-electron chi connectivity index (χ4n) is 2.94. The Kier molecular flexibility index (Phi) is 4.92. The molecule has 0 spiro atoms. The smallest absolute Gasteiger partial charge is 0.295 e. The second kappa shape index (κ2) is 7.29. The summed E-state index contributed by atoms with van der Waals surface area (Å²) in [5.41, 5.74) is 0.125. The molecule has 1 N–H and O–H groups in total. The standard InChI is InChI=1S/C16H18FN5O3/c1-25-15-10-13(14(22(23)24)9-12(15)17)21-7-4-11(5-8-21)19-16-3-2-6-18-20-16/h2-3,6,9-11H,4-5,7-8H2,1H3,(H,19,20). The van der Waals surface area contributed by atoms with Crippen molar-refractivity contribution in [1.29, 1.82) is 0 Å². The molecule has 8 nitrogen and oxygen atoms in total. The average Bonchev–Trinajstić information content (AvgIpc) is 2.63. The third-order valence-electron chi connectivity index (χ3n) is 4.21. The molecule has 0 amide bonds. The summed E-state index contributed by atoms with van der Waals surface area (Å²) in [5, 5.41) is 22.4. The van der Waals surface area contributed by atoms with Gasteiger partial charge in [-0.1, -0.05) is 0 Å². The molecule has 2 aromatic rings. The number of piperidine rings is 1. The number of ether oxygens (including phenoxy) is 1. The lowest BCUT2D eigenvalue weighted by Gasteiger charge is -2.33. The lowest BCUT2D eigenvalue weighted by molar-refractivity contribution is -0.384. The summed E-state index contributed by atoms with van der Waals surface area (Å²) < 4.78 is 18.8. The largest absolute Gasteiger partial charge is 0.494 e. The molecule has 1 saturated heterocycles. The van der Waals surface area contributed by atoms with Crippen LogP contribution in [-0.2, 0) is 0 Å². The van der Waals surface area contributed by atoms with E-state index < -0.39 is 10.7 Å². The zero-order valence-corrected chi connectivity index (χ0v) is 13.7. The van der Waals surface area contributed by atoms with E-state index in [1.54, 1.807) is 12.3 Å². The number of hydrogen-bond donors (Lipinski definition) is 1. The van der Waals surface area contributed by atoms with E-state index in [-0.39, 0.29) is 17.5 Å². The minimum absolute atomic E-state index is 0.000378. The molecule has 9 heteroatoms. The monoisotopic (exact) mass is 347 g/mol. The molecule has 0 bridgehead atoms. The van der Waals surface area contributed by atoms with Gasteiger partial charge in [-0.25, -0.2) is 4.39 Å². The zero-order chi connectivity index (χ0) is 17.8. The van der Waals surface area contributed by atoms with Gasteiger partial charge in [-0.2, -0.15) is 5.10 Å². The van der Waals surface area contributed by atoms with Gasteiger partial charge in [0.2, 0.25) is 0 Å². The Morgan fingerprint density at radius 3 is 2.76 bits per heavy atom. The van der Waals surface area contributed by atoms with Crippen LogP contribution in [0.2, 0.25) is 0 Å². The van der Waals surface area contributed by atoms with Gasteiger partial charge in [-0.05, 0) is 25.0 Å². The molecular weight excluding hydrogens is 329 g/mol. The van der Waals surface area contributed by atoms with Crippen molar-refractivity contribution in [3.05, 3.63) is 46.4 Å². The van der Waals surface area contributed by atoms with E-state index >= 15 is 0 Å². The number of rotatable bonds is 5. The maximum absolute atomic E-state index is 13.8. The number of benzene rings is 1. The third-order valence-corrected chi connectivity index (χ3v) is 4.21. The van der Waals surface area contributed by atoms with Crippen LogP contribution in [0.4, 0.5) is 21.6 Å². The first-order valence-electron chi connectivity index (χ1n) is 7.89. The Labute approximate surface area is 143 Å². The molecule has 0 unspecified atom stereocenters. The number of methoxy groups -OCH3 is 1. The summed E-state index contributed by atoms with van der Waals surface area (Å²) >= 11 is 0. The molecule has 3 rings (SSSR count). The first-order valence-corrected chi connectivity index (χ1v) is 7.89. The molecule has 132 valence electrons. The lowest BCUT2D eigenvalue weighted by Crippen LogP contribution is -2.39. The predicted molar refractivity (Wildman–Crippen MR) is 90.5 cm³/mol. The number of hydrogen-bond acceptors (Lipinski definition) is 7. The van der Waals surface area contributed by atoms with Gasteiger partial charge in [-0.3, -0.25) is 10.1 Å². The minimum Gasteiger partial charge on any atom is -0.494 e. The summed E-state index contributed by atoms with van der Waals surface area (Å²) in [6.45, 7) is 1.21. The molecule has 0 aliphatic carbocycles. The van der Waals surface area contributed by atoms with Gasteiger partial charge in [0.25, 0.3) is 5.69 Å².